The minimum atomic E-state index is -0.918. The molecule has 0 unspecified atom stereocenters. The third-order valence-corrected chi connectivity index (χ3v) is 1.72. The van der Waals surface area contributed by atoms with Crippen LogP contribution in [0.25, 0.3) is 0 Å². The molecular weight excluding hydrogens is 172 g/mol. The highest BCUT2D eigenvalue weighted by atomic mass is 16.6. The van der Waals surface area contributed by atoms with E-state index in [-0.39, 0.29) is 11.4 Å². The monoisotopic (exact) mass is 180 g/mol. The van der Waals surface area contributed by atoms with Gasteiger partial charge in [-0.2, -0.15) is 10.4 Å². The van der Waals surface area contributed by atoms with Crippen LogP contribution in [-0.4, -0.2) is 15.1 Å². The number of hydrogen-bond donors (Lipinski definition) is 1. The van der Waals surface area contributed by atoms with E-state index in [2.05, 4.69) is 10.2 Å². The molecule has 0 amide bonds. The molecule has 13 heavy (non-hydrogen) atoms. The van der Waals surface area contributed by atoms with Gasteiger partial charge in [0.2, 0.25) is 0 Å². The van der Waals surface area contributed by atoms with Gasteiger partial charge in [-0.1, -0.05) is 0 Å². The zero-order chi connectivity index (χ0) is 10.1. The lowest BCUT2D eigenvalue weighted by Crippen LogP contribution is -2.16. The van der Waals surface area contributed by atoms with Crippen LogP contribution in [0.1, 0.15) is 19.5 Å². The topological polar surface area (TPSA) is 95.6 Å². The van der Waals surface area contributed by atoms with Gasteiger partial charge in [-0.15, -0.1) is 0 Å². The molecule has 6 heteroatoms. The van der Waals surface area contributed by atoms with E-state index in [1.165, 1.54) is 0 Å². The fraction of sp³-hybridized carbons (Fsp3) is 0.429. The molecule has 0 aliphatic heterocycles. The molecule has 1 aromatic rings. The number of H-pyrrole nitrogens is 1. The van der Waals surface area contributed by atoms with Crippen molar-refractivity contribution >= 4 is 5.69 Å². The molecule has 0 radical (unpaired) electrons. The molecule has 0 aliphatic carbocycles. The summed E-state index contributed by atoms with van der Waals surface area (Å²) in [6.45, 7) is 3.18. The Hall–Kier alpha value is -1.90. The number of nitrogens with zero attached hydrogens (tertiary/aromatic N) is 3. The fourth-order valence-electron chi connectivity index (χ4n) is 0.934. The first-order valence-electron chi connectivity index (χ1n) is 3.58. The third-order valence-electron chi connectivity index (χ3n) is 1.72. The second kappa shape index (κ2) is 2.86. The summed E-state index contributed by atoms with van der Waals surface area (Å²) in [6, 6.07) is 1.96. The zero-order valence-corrected chi connectivity index (χ0v) is 7.24. The van der Waals surface area contributed by atoms with Crippen LogP contribution in [0.3, 0.4) is 0 Å². The molecule has 1 N–H and O–H groups in total. The van der Waals surface area contributed by atoms with Crippen LogP contribution in [0.4, 0.5) is 5.69 Å². The first kappa shape index (κ1) is 9.19. The predicted octanol–water partition coefficient (Wildman–Crippen LogP) is 1.12. The summed E-state index contributed by atoms with van der Waals surface area (Å²) in [5.41, 5.74) is -0.828. The maximum absolute atomic E-state index is 10.5. The molecule has 0 fully saturated rings. The Morgan fingerprint density at radius 2 is 2.38 bits per heavy atom. The van der Waals surface area contributed by atoms with Gasteiger partial charge in [0.15, 0.2) is 0 Å². The number of nitro groups is 1. The van der Waals surface area contributed by atoms with E-state index < -0.39 is 10.3 Å². The minimum Gasteiger partial charge on any atom is -0.274 e. The molecule has 0 aromatic carbocycles. The number of rotatable bonds is 2. The molecule has 0 saturated heterocycles. The molecule has 6 nitrogen and oxygen atoms in total. The standard InChI is InChI=1S/C7H8N4O2/c1-7(2,4-8)6-5(11(12)13)3-9-10-6/h3H,1-2H3,(H,9,10). The Labute approximate surface area is 74.3 Å². The molecule has 1 rings (SSSR count). The second-order valence-corrected chi connectivity index (χ2v) is 3.12. The van der Waals surface area contributed by atoms with Crippen LogP contribution < -0.4 is 0 Å². The van der Waals surface area contributed by atoms with E-state index in [1.54, 1.807) is 13.8 Å². The maximum atomic E-state index is 10.5. The van der Waals surface area contributed by atoms with Gasteiger partial charge in [0, 0.05) is 0 Å². The molecule has 0 aliphatic rings. The summed E-state index contributed by atoms with van der Waals surface area (Å²) in [4.78, 5) is 9.92. The van der Waals surface area contributed by atoms with Gasteiger partial charge in [0.1, 0.15) is 17.3 Å². The predicted molar refractivity (Wildman–Crippen MR) is 43.9 cm³/mol. The van der Waals surface area contributed by atoms with Crippen molar-refractivity contribution in [3.63, 3.8) is 0 Å². The smallest absolute Gasteiger partial charge is 0.274 e. The quantitative estimate of drug-likeness (QED) is 0.544. The van der Waals surface area contributed by atoms with Crippen molar-refractivity contribution in [2.45, 2.75) is 19.3 Å². The van der Waals surface area contributed by atoms with Gasteiger partial charge in [0.25, 0.3) is 0 Å². The largest absolute Gasteiger partial charge is 0.311 e. The molecule has 1 heterocycles. The van der Waals surface area contributed by atoms with Crippen molar-refractivity contribution in [2.75, 3.05) is 0 Å². The lowest BCUT2D eigenvalue weighted by molar-refractivity contribution is -0.385. The van der Waals surface area contributed by atoms with Crippen molar-refractivity contribution in [1.29, 1.82) is 5.26 Å². The summed E-state index contributed by atoms with van der Waals surface area (Å²) >= 11 is 0. The Kier molecular flexibility index (Phi) is 2.02. The van der Waals surface area contributed by atoms with Gasteiger partial charge in [-0.05, 0) is 13.8 Å². The molecule has 1 aromatic heterocycles. The average Bonchev–Trinajstić information content (AvgIpc) is 2.52. The molecule has 0 atom stereocenters. The number of hydrogen-bond acceptors (Lipinski definition) is 4. The SMILES string of the molecule is CC(C)(C#N)c1[nH]ncc1[N+](=O)[O-]. The van der Waals surface area contributed by atoms with E-state index in [9.17, 15) is 10.1 Å². The van der Waals surface area contributed by atoms with Gasteiger partial charge in [-0.3, -0.25) is 15.2 Å². The first-order valence-corrected chi connectivity index (χ1v) is 3.58. The van der Waals surface area contributed by atoms with Gasteiger partial charge < -0.3 is 0 Å². The summed E-state index contributed by atoms with van der Waals surface area (Å²) in [5.74, 6) is 0. The van der Waals surface area contributed by atoms with Crippen molar-refractivity contribution in [3.8, 4) is 6.07 Å². The maximum Gasteiger partial charge on any atom is 0.311 e. The summed E-state index contributed by atoms with van der Waals surface area (Å²) in [6.07, 6.45) is 1.11. The Balaban J connectivity index is 3.24. The number of nitrogens with one attached hydrogen (secondary N) is 1. The lowest BCUT2D eigenvalue weighted by Gasteiger charge is -2.10. The first-order chi connectivity index (χ1) is 5.99. The molecule has 0 spiro atoms. The zero-order valence-electron chi connectivity index (χ0n) is 7.24. The minimum absolute atomic E-state index is 0.147. The van der Waals surface area contributed by atoms with E-state index in [0.29, 0.717) is 0 Å². The lowest BCUT2D eigenvalue weighted by atomic mass is 9.91. The molecule has 0 saturated carbocycles. The van der Waals surface area contributed by atoms with E-state index in [4.69, 9.17) is 5.26 Å². The summed E-state index contributed by atoms with van der Waals surface area (Å²) in [5, 5.41) is 25.2. The molecular formula is C7H8N4O2. The molecule has 0 bridgehead atoms. The van der Waals surface area contributed by atoms with Crippen LogP contribution in [0.15, 0.2) is 6.20 Å². The Morgan fingerprint density at radius 1 is 1.77 bits per heavy atom. The highest BCUT2D eigenvalue weighted by Gasteiger charge is 2.31. The number of aromatic nitrogens is 2. The van der Waals surface area contributed by atoms with Crippen molar-refractivity contribution < 1.29 is 4.92 Å². The van der Waals surface area contributed by atoms with Crippen LogP contribution in [0.5, 0.6) is 0 Å². The van der Waals surface area contributed by atoms with E-state index in [0.717, 1.165) is 6.20 Å². The Morgan fingerprint density at radius 3 is 2.85 bits per heavy atom. The highest BCUT2D eigenvalue weighted by Crippen LogP contribution is 2.28. The average molecular weight is 180 g/mol. The summed E-state index contributed by atoms with van der Waals surface area (Å²) in [7, 11) is 0. The third kappa shape index (κ3) is 1.49. The van der Waals surface area contributed by atoms with Gasteiger partial charge >= 0.3 is 5.69 Å². The number of nitriles is 1. The van der Waals surface area contributed by atoms with Crippen LogP contribution in [-0.2, 0) is 5.41 Å². The molecule has 68 valence electrons. The highest BCUT2D eigenvalue weighted by molar-refractivity contribution is 5.40. The van der Waals surface area contributed by atoms with Crippen molar-refractivity contribution in [2.24, 2.45) is 0 Å². The van der Waals surface area contributed by atoms with E-state index in [1.807, 2.05) is 6.07 Å². The van der Waals surface area contributed by atoms with Crippen LogP contribution in [0, 0.1) is 21.4 Å². The summed E-state index contributed by atoms with van der Waals surface area (Å²) < 4.78 is 0. The van der Waals surface area contributed by atoms with Crippen molar-refractivity contribution in [3.05, 3.63) is 22.0 Å². The normalized spacial score (nSPS) is 10.8. The van der Waals surface area contributed by atoms with Crippen LogP contribution in [0.2, 0.25) is 0 Å². The van der Waals surface area contributed by atoms with Gasteiger partial charge in [-0.25, -0.2) is 0 Å². The van der Waals surface area contributed by atoms with E-state index >= 15 is 0 Å². The van der Waals surface area contributed by atoms with Crippen LogP contribution >= 0.6 is 0 Å². The fourth-order valence-corrected chi connectivity index (χ4v) is 0.934. The number of aromatic amines is 1. The van der Waals surface area contributed by atoms with Gasteiger partial charge in [0.05, 0.1) is 11.0 Å². The van der Waals surface area contributed by atoms with Crippen molar-refractivity contribution in [1.82, 2.24) is 10.2 Å². The Bertz CT molecular complexity index is 374. The second-order valence-electron chi connectivity index (χ2n) is 3.12.